The molecule has 1 unspecified atom stereocenters. The highest BCUT2D eigenvalue weighted by atomic mass is 32.2. The molecule has 2 fully saturated rings. The number of hydrogen-bond acceptors (Lipinski definition) is 3. The first-order valence-corrected chi connectivity index (χ1v) is 12.8. The molecule has 0 radical (unpaired) electrons. The van der Waals surface area contributed by atoms with E-state index in [1.54, 1.807) is 16.4 Å². The maximum atomic E-state index is 13.1. The Kier molecular flexibility index (Phi) is 6.48. The van der Waals surface area contributed by atoms with E-state index in [1.807, 2.05) is 34.7 Å². The van der Waals surface area contributed by atoms with Gasteiger partial charge in [0, 0.05) is 43.3 Å². The van der Waals surface area contributed by atoms with Gasteiger partial charge in [-0.15, -0.1) is 0 Å². The van der Waals surface area contributed by atoms with Crippen LogP contribution in [0.3, 0.4) is 0 Å². The predicted molar refractivity (Wildman–Crippen MR) is 119 cm³/mol. The molecular formula is C23H33N3O3S. The van der Waals surface area contributed by atoms with Gasteiger partial charge in [0.15, 0.2) is 0 Å². The lowest BCUT2D eigenvalue weighted by molar-refractivity contribution is -0.134. The first kappa shape index (κ1) is 21.4. The van der Waals surface area contributed by atoms with Crippen LogP contribution >= 0.6 is 0 Å². The highest BCUT2D eigenvalue weighted by Gasteiger charge is 2.27. The van der Waals surface area contributed by atoms with E-state index in [0.717, 1.165) is 62.5 Å². The van der Waals surface area contributed by atoms with Crippen LogP contribution in [0.2, 0.25) is 0 Å². The minimum atomic E-state index is -3.48. The van der Waals surface area contributed by atoms with E-state index in [0.29, 0.717) is 18.0 Å². The topological polar surface area (TPSA) is 62.6 Å². The van der Waals surface area contributed by atoms with Crippen molar-refractivity contribution in [2.75, 3.05) is 26.2 Å². The average Bonchev–Trinajstić information content (AvgIpc) is 2.95. The van der Waals surface area contributed by atoms with Crippen LogP contribution < -0.4 is 0 Å². The largest absolute Gasteiger partial charge is 0.341 e. The third-order valence-corrected chi connectivity index (χ3v) is 8.48. The van der Waals surface area contributed by atoms with Crippen LogP contribution in [0.1, 0.15) is 64.3 Å². The Morgan fingerprint density at radius 1 is 0.867 bits per heavy atom. The minimum absolute atomic E-state index is 0.149. The maximum absolute atomic E-state index is 13.1. The van der Waals surface area contributed by atoms with E-state index in [2.05, 4.69) is 0 Å². The summed E-state index contributed by atoms with van der Waals surface area (Å²) in [6, 6.07) is 6.93. The molecule has 1 aromatic carbocycles. The van der Waals surface area contributed by atoms with E-state index in [4.69, 9.17) is 0 Å². The molecule has 0 aliphatic carbocycles. The Labute approximate surface area is 179 Å². The molecule has 2 aliphatic rings. The molecule has 30 heavy (non-hydrogen) atoms. The summed E-state index contributed by atoms with van der Waals surface area (Å²) in [5.74, 6) is 0.149. The first-order chi connectivity index (χ1) is 14.5. The molecule has 4 rings (SSSR count). The zero-order chi connectivity index (χ0) is 21.1. The van der Waals surface area contributed by atoms with Gasteiger partial charge in [0.1, 0.15) is 6.04 Å². The Hall–Kier alpha value is -1.86. The van der Waals surface area contributed by atoms with Gasteiger partial charge in [0.05, 0.1) is 4.90 Å². The van der Waals surface area contributed by atoms with Crippen molar-refractivity contribution in [2.24, 2.45) is 0 Å². The van der Waals surface area contributed by atoms with Gasteiger partial charge in [-0.2, -0.15) is 4.31 Å². The molecule has 2 aromatic rings. The van der Waals surface area contributed by atoms with Crippen molar-refractivity contribution in [1.82, 2.24) is 13.8 Å². The SMILES string of the molecule is CC(C(=O)N1CCCCCC1)n1ccc2cc(S(=O)(=O)N3CCCCCC3)ccc21. The second kappa shape index (κ2) is 9.10. The number of aromatic nitrogens is 1. The molecule has 0 N–H and O–H groups in total. The molecule has 0 saturated carbocycles. The number of amides is 1. The van der Waals surface area contributed by atoms with Crippen molar-refractivity contribution >= 4 is 26.8 Å². The zero-order valence-electron chi connectivity index (χ0n) is 17.9. The highest BCUT2D eigenvalue weighted by molar-refractivity contribution is 7.89. The number of carbonyl (C=O) groups excluding carboxylic acids is 1. The monoisotopic (exact) mass is 431 g/mol. The summed E-state index contributed by atoms with van der Waals surface area (Å²) in [6.07, 6.45) is 10.5. The molecule has 1 amide bonds. The Bertz CT molecular complexity index is 982. The van der Waals surface area contributed by atoms with Crippen LogP contribution in [0, 0.1) is 0 Å². The van der Waals surface area contributed by atoms with Crippen LogP contribution in [0.15, 0.2) is 35.4 Å². The number of benzene rings is 1. The van der Waals surface area contributed by atoms with E-state index in [9.17, 15) is 13.2 Å². The number of sulfonamides is 1. The van der Waals surface area contributed by atoms with Gasteiger partial charge in [-0.05, 0) is 56.9 Å². The Morgan fingerprint density at radius 3 is 2.10 bits per heavy atom. The van der Waals surface area contributed by atoms with E-state index < -0.39 is 10.0 Å². The number of carbonyl (C=O) groups is 1. The Balaban J connectivity index is 1.58. The third kappa shape index (κ3) is 4.28. The third-order valence-electron chi connectivity index (χ3n) is 6.59. The first-order valence-electron chi connectivity index (χ1n) is 11.4. The van der Waals surface area contributed by atoms with Crippen LogP contribution in [-0.2, 0) is 14.8 Å². The number of likely N-dealkylation sites (tertiary alicyclic amines) is 1. The molecule has 164 valence electrons. The van der Waals surface area contributed by atoms with E-state index >= 15 is 0 Å². The highest BCUT2D eigenvalue weighted by Crippen LogP contribution is 2.27. The van der Waals surface area contributed by atoms with Gasteiger partial charge in [-0.1, -0.05) is 25.7 Å². The maximum Gasteiger partial charge on any atom is 0.245 e. The van der Waals surface area contributed by atoms with Gasteiger partial charge in [0.25, 0.3) is 0 Å². The van der Waals surface area contributed by atoms with Crippen LogP contribution in [-0.4, -0.2) is 54.3 Å². The van der Waals surface area contributed by atoms with Crippen molar-refractivity contribution in [2.45, 2.75) is 69.2 Å². The zero-order valence-corrected chi connectivity index (χ0v) is 18.7. The smallest absolute Gasteiger partial charge is 0.245 e. The summed E-state index contributed by atoms with van der Waals surface area (Å²) in [4.78, 5) is 15.4. The second-order valence-electron chi connectivity index (χ2n) is 8.68. The molecule has 2 saturated heterocycles. The van der Waals surface area contributed by atoms with Gasteiger partial charge in [-0.3, -0.25) is 4.79 Å². The quantitative estimate of drug-likeness (QED) is 0.730. The predicted octanol–water partition coefficient (Wildman–Crippen LogP) is 4.17. The van der Waals surface area contributed by atoms with Crippen molar-refractivity contribution in [3.05, 3.63) is 30.5 Å². The lowest BCUT2D eigenvalue weighted by Gasteiger charge is -2.25. The van der Waals surface area contributed by atoms with E-state index in [-0.39, 0.29) is 11.9 Å². The number of fused-ring (bicyclic) bond motifs is 1. The van der Waals surface area contributed by atoms with Crippen LogP contribution in [0.5, 0.6) is 0 Å². The van der Waals surface area contributed by atoms with E-state index in [1.165, 1.54) is 12.8 Å². The normalized spacial score (nSPS) is 20.6. The average molecular weight is 432 g/mol. The summed E-state index contributed by atoms with van der Waals surface area (Å²) in [6.45, 7) is 4.81. The molecule has 1 atom stereocenters. The molecule has 6 nitrogen and oxygen atoms in total. The van der Waals surface area contributed by atoms with Crippen LogP contribution in [0.4, 0.5) is 0 Å². The fraction of sp³-hybridized carbons (Fsp3) is 0.609. The molecule has 0 bridgehead atoms. The lowest BCUT2D eigenvalue weighted by Crippen LogP contribution is -2.36. The number of rotatable bonds is 4. The summed E-state index contributed by atoms with van der Waals surface area (Å²) in [5, 5.41) is 0.862. The lowest BCUT2D eigenvalue weighted by atomic mass is 10.2. The van der Waals surface area contributed by atoms with Crippen molar-refractivity contribution < 1.29 is 13.2 Å². The van der Waals surface area contributed by atoms with Crippen molar-refractivity contribution in [3.8, 4) is 0 Å². The fourth-order valence-electron chi connectivity index (χ4n) is 4.75. The summed E-state index contributed by atoms with van der Waals surface area (Å²) < 4.78 is 29.9. The Morgan fingerprint density at radius 2 is 1.47 bits per heavy atom. The summed E-state index contributed by atoms with van der Waals surface area (Å²) in [5.41, 5.74) is 0.903. The van der Waals surface area contributed by atoms with Crippen molar-refractivity contribution in [1.29, 1.82) is 0 Å². The molecule has 3 heterocycles. The molecular weight excluding hydrogens is 398 g/mol. The second-order valence-corrected chi connectivity index (χ2v) is 10.6. The van der Waals surface area contributed by atoms with Crippen LogP contribution in [0.25, 0.3) is 10.9 Å². The number of hydrogen-bond donors (Lipinski definition) is 0. The van der Waals surface area contributed by atoms with Gasteiger partial charge in [-0.25, -0.2) is 8.42 Å². The van der Waals surface area contributed by atoms with Gasteiger partial charge in [0.2, 0.25) is 15.9 Å². The molecule has 1 aromatic heterocycles. The molecule has 2 aliphatic heterocycles. The number of nitrogens with zero attached hydrogens (tertiary/aromatic N) is 3. The molecule has 0 spiro atoms. The van der Waals surface area contributed by atoms with Gasteiger partial charge < -0.3 is 9.47 Å². The fourth-order valence-corrected chi connectivity index (χ4v) is 6.30. The minimum Gasteiger partial charge on any atom is -0.341 e. The van der Waals surface area contributed by atoms with Crippen molar-refractivity contribution in [3.63, 3.8) is 0 Å². The standard InChI is InChI=1S/C23H33N3O3S/c1-19(23(27)24-13-6-2-3-7-14-24)26-17-12-20-18-21(10-11-22(20)26)30(28,29)25-15-8-4-5-9-16-25/h10-12,17-19H,2-9,13-16H2,1H3. The summed E-state index contributed by atoms with van der Waals surface area (Å²) >= 11 is 0. The van der Waals surface area contributed by atoms with Gasteiger partial charge >= 0.3 is 0 Å². The molecule has 7 heteroatoms. The summed E-state index contributed by atoms with van der Waals surface area (Å²) in [7, 11) is -3.48.